The first-order valence-corrected chi connectivity index (χ1v) is 8.13. The third kappa shape index (κ3) is 4.51. The van der Waals surface area contributed by atoms with E-state index in [0.717, 1.165) is 16.9 Å². The van der Waals surface area contributed by atoms with Crippen LogP contribution in [-0.4, -0.2) is 19.1 Å². The molecule has 0 aromatic heterocycles. The number of rotatable bonds is 6. The Kier molecular flexibility index (Phi) is 5.85. The molecule has 0 saturated carbocycles. The molecule has 0 spiro atoms. The number of benzene rings is 2. The molecule has 1 amide bonds. The quantitative estimate of drug-likeness (QED) is 0.848. The average Bonchev–Trinajstić information content (AvgIpc) is 2.54. The van der Waals surface area contributed by atoms with Crippen LogP contribution < -0.4 is 14.8 Å². The summed E-state index contributed by atoms with van der Waals surface area (Å²) in [4.78, 5) is 12.4. The number of anilines is 1. The van der Waals surface area contributed by atoms with E-state index < -0.39 is 6.10 Å². The van der Waals surface area contributed by atoms with Crippen LogP contribution in [0.25, 0.3) is 0 Å². The maximum Gasteiger partial charge on any atom is 0.265 e. The van der Waals surface area contributed by atoms with E-state index in [2.05, 4.69) is 31.3 Å². The summed E-state index contributed by atoms with van der Waals surface area (Å²) in [6, 6.07) is 13.3. The Hall–Kier alpha value is -2.49. The lowest BCUT2D eigenvalue weighted by Gasteiger charge is -2.19. The number of aryl methyl sites for hydroxylation is 1. The smallest absolute Gasteiger partial charge is 0.265 e. The number of methoxy groups -OCH3 is 1. The minimum atomic E-state index is -0.601. The molecule has 0 radical (unpaired) electrons. The molecule has 1 atom stereocenters. The van der Waals surface area contributed by atoms with Gasteiger partial charge in [-0.15, -0.1) is 0 Å². The highest BCUT2D eigenvalue weighted by atomic mass is 16.5. The lowest BCUT2D eigenvalue weighted by atomic mass is 10.0. The van der Waals surface area contributed by atoms with Gasteiger partial charge in [0.1, 0.15) is 11.5 Å². The first-order valence-electron chi connectivity index (χ1n) is 8.13. The molecule has 0 aliphatic carbocycles. The highest BCUT2D eigenvalue weighted by Gasteiger charge is 2.18. The Labute approximate surface area is 143 Å². The summed E-state index contributed by atoms with van der Waals surface area (Å²) < 4.78 is 11.1. The summed E-state index contributed by atoms with van der Waals surface area (Å²) in [6.07, 6.45) is -0.601. The monoisotopic (exact) mass is 327 g/mol. The van der Waals surface area contributed by atoms with E-state index in [9.17, 15) is 4.79 Å². The van der Waals surface area contributed by atoms with Crippen LogP contribution in [0.4, 0.5) is 5.69 Å². The second-order valence-electron chi connectivity index (χ2n) is 6.18. The molecule has 0 unspecified atom stereocenters. The van der Waals surface area contributed by atoms with Gasteiger partial charge in [-0.1, -0.05) is 32.0 Å². The molecule has 0 bridgehead atoms. The van der Waals surface area contributed by atoms with Crippen molar-refractivity contribution in [1.29, 1.82) is 0 Å². The summed E-state index contributed by atoms with van der Waals surface area (Å²) in [5.41, 5.74) is 2.89. The molecule has 2 aromatic rings. The van der Waals surface area contributed by atoms with Crippen LogP contribution in [0.5, 0.6) is 11.5 Å². The molecule has 2 aromatic carbocycles. The summed E-state index contributed by atoms with van der Waals surface area (Å²) in [6.45, 7) is 7.98. The Morgan fingerprint density at radius 3 is 2.50 bits per heavy atom. The number of carbonyl (C=O) groups is 1. The predicted octanol–water partition coefficient (Wildman–Crippen LogP) is 4.53. The Morgan fingerprint density at radius 1 is 1.08 bits per heavy atom. The van der Waals surface area contributed by atoms with Gasteiger partial charge in [-0.05, 0) is 49.1 Å². The van der Waals surface area contributed by atoms with Crippen LogP contribution >= 0.6 is 0 Å². The minimum Gasteiger partial charge on any atom is -0.497 e. The van der Waals surface area contributed by atoms with Gasteiger partial charge in [-0.3, -0.25) is 4.79 Å². The number of hydrogen-bond donors (Lipinski definition) is 1. The van der Waals surface area contributed by atoms with Crippen LogP contribution in [0.15, 0.2) is 42.5 Å². The van der Waals surface area contributed by atoms with E-state index >= 15 is 0 Å². The summed E-state index contributed by atoms with van der Waals surface area (Å²) in [5, 5.41) is 2.86. The molecule has 4 heteroatoms. The van der Waals surface area contributed by atoms with Crippen molar-refractivity contribution < 1.29 is 14.3 Å². The van der Waals surface area contributed by atoms with Crippen molar-refractivity contribution >= 4 is 11.6 Å². The average molecular weight is 327 g/mol. The van der Waals surface area contributed by atoms with Crippen LogP contribution in [0.2, 0.25) is 0 Å². The van der Waals surface area contributed by atoms with Crippen molar-refractivity contribution in [3.63, 3.8) is 0 Å². The van der Waals surface area contributed by atoms with E-state index in [1.807, 2.05) is 31.2 Å². The predicted molar refractivity (Wildman–Crippen MR) is 97.0 cm³/mol. The highest BCUT2D eigenvalue weighted by Crippen LogP contribution is 2.28. The molecule has 0 fully saturated rings. The van der Waals surface area contributed by atoms with Gasteiger partial charge in [0.25, 0.3) is 5.91 Å². The number of amides is 1. The lowest BCUT2D eigenvalue weighted by Crippen LogP contribution is -2.30. The van der Waals surface area contributed by atoms with Gasteiger partial charge in [0, 0.05) is 11.8 Å². The zero-order valence-electron chi connectivity index (χ0n) is 14.9. The molecule has 1 N–H and O–H groups in total. The third-order valence-electron chi connectivity index (χ3n) is 3.80. The number of ether oxygens (including phenoxy) is 2. The maximum atomic E-state index is 12.4. The number of hydrogen-bond acceptors (Lipinski definition) is 3. The Balaban J connectivity index is 2.10. The van der Waals surface area contributed by atoms with Crippen molar-refractivity contribution in [2.45, 2.75) is 39.7 Å². The van der Waals surface area contributed by atoms with Gasteiger partial charge in [0.15, 0.2) is 6.10 Å². The fourth-order valence-corrected chi connectivity index (χ4v) is 2.41. The van der Waals surface area contributed by atoms with E-state index in [1.165, 1.54) is 0 Å². The fourth-order valence-electron chi connectivity index (χ4n) is 2.41. The molecule has 128 valence electrons. The van der Waals surface area contributed by atoms with Gasteiger partial charge < -0.3 is 14.8 Å². The summed E-state index contributed by atoms with van der Waals surface area (Å²) in [5.74, 6) is 1.59. The highest BCUT2D eigenvalue weighted by molar-refractivity contribution is 5.94. The SMILES string of the molecule is COc1cccc(NC(=O)[C@H](C)Oc2cc(C)ccc2C(C)C)c1. The molecule has 2 rings (SSSR count). The zero-order chi connectivity index (χ0) is 17.7. The van der Waals surface area contributed by atoms with Crippen molar-refractivity contribution in [1.82, 2.24) is 0 Å². The van der Waals surface area contributed by atoms with Crippen molar-refractivity contribution in [2.24, 2.45) is 0 Å². The van der Waals surface area contributed by atoms with Gasteiger partial charge >= 0.3 is 0 Å². The van der Waals surface area contributed by atoms with Crippen LogP contribution in [-0.2, 0) is 4.79 Å². The Morgan fingerprint density at radius 2 is 1.83 bits per heavy atom. The van der Waals surface area contributed by atoms with E-state index in [1.54, 1.807) is 20.1 Å². The topological polar surface area (TPSA) is 47.6 Å². The normalized spacial score (nSPS) is 11.9. The van der Waals surface area contributed by atoms with Crippen LogP contribution in [0.3, 0.4) is 0 Å². The molecular weight excluding hydrogens is 302 g/mol. The second kappa shape index (κ2) is 7.86. The van der Waals surface area contributed by atoms with E-state index in [-0.39, 0.29) is 5.91 Å². The molecule has 0 aliphatic rings. The third-order valence-corrected chi connectivity index (χ3v) is 3.80. The van der Waals surface area contributed by atoms with E-state index in [4.69, 9.17) is 9.47 Å². The van der Waals surface area contributed by atoms with Crippen LogP contribution in [0, 0.1) is 6.92 Å². The van der Waals surface area contributed by atoms with Gasteiger partial charge in [0.2, 0.25) is 0 Å². The molecule has 0 aliphatic heterocycles. The fraction of sp³-hybridized carbons (Fsp3) is 0.350. The molecule has 0 heterocycles. The summed E-state index contributed by atoms with van der Waals surface area (Å²) >= 11 is 0. The summed E-state index contributed by atoms with van der Waals surface area (Å²) in [7, 11) is 1.60. The maximum absolute atomic E-state index is 12.4. The van der Waals surface area contributed by atoms with Crippen molar-refractivity contribution in [3.8, 4) is 11.5 Å². The molecular formula is C20H25NO3. The lowest BCUT2D eigenvalue weighted by molar-refractivity contribution is -0.122. The van der Waals surface area contributed by atoms with Gasteiger partial charge in [-0.25, -0.2) is 0 Å². The Bertz CT molecular complexity index is 710. The van der Waals surface area contributed by atoms with Crippen molar-refractivity contribution in [2.75, 3.05) is 12.4 Å². The minimum absolute atomic E-state index is 0.195. The van der Waals surface area contributed by atoms with Crippen molar-refractivity contribution in [3.05, 3.63) is 53.6 Å². The molecule has 0 saturated heterocycles. The van der Waals surface area contributed by atoms with Gasteiger partial charge in [0.05, 0.1) is 7.11 Å². The second-order valence-corrected chi connectivity index (χ2v) is 6.18. The van der Waals surface area contributed by atoms with Gasteiger partial charge in [-0.2, -0.15) is 0 Å². The van der Waals surface area contributed by atoms with E-state index in [0.29, 0.717) is 17.4 Å². The van der Waals surface area contributed by atoms with Crippen LogP contribution in [0.1, 0.15) is 37.8 Å². The number of nitrogens with one attached hydrogen (secondary N) is 1. The largest absolute Gasteiger partial charge is 0.497 e. The molecule has 4 nitrogen and oxygen atoms in total. The first kappa shape index (κ1) is 17.9. The standard InChI is InChI=1S/C20H25NO3/c1-13(2)18-10-9-14(3)11-19(18)24-15(4)20(22)21-16-7-6-8-17(12-16)23-5/h6-13,15H,1-5H3,(H,21,22)/t15-/m0/s1. The number of carbonyl (C=O) groups excluding carboxylic acids is 1. The zero-order valence-corrected chi connectivity index (χ0v) is 14.9. The first-order chi connectivity index (χ1) is 11.4. The molecule has 24 heavy (non-hydrogen) atoms.